The molecule has 1 N–H and O–H groups in total. The Hall–Kier alpha value is -0.730. The summed E-state index contributed by atoms with van der Waals surface area (Å²) in [5.41, 5.74) is 2.56. The number of rotatable bonds is 5. The number of halogens is 1. The van der Waals surface area contributed by atoms with Gasteiger partial charge in [-0.25, -0.2) is 0 Å². The first-order chi connectivity index (χ1) is 9.49. The number of nitrogens with one attached hydrogen (secondary N) is 1. The normalized spacial score (nSPS) is 22.8. The lowest BCUT2D eigenvalue weighted by molar-refractivity contribution is 0.551. The van der Waals surface area contributed by atoms with E-state index in [2.05, 4.69) is 50.0 Å². The molecule has 1 aromatic carbocycles. The molecule has 0 amide bonds. The molecule has 1 aromatic rings. The fourth-order valence-corrected chi connectivity index (χ4v) is 3.43. The third kappa shape index (κ3) is 3.67. The second kappa shape index (κ2) is 6.82. The van der Waals surface area contributed by atoms with Crippen LogP contribution < -0.4 is 10.2 Å². The van der Waals surface area contributed by atoms with Crippen LogP contribution in [0.2, 0.25) is 5.02 Å². The number of hydrogen-bond donors (Lipinski definition) is 1. The molecule has 1 fully saturated rings. The van der Waals surface area contributed by atoms with Crippen molar-refractivity contribution in [1.29, 1.82) is 0 Å². The van der Waals surface area contributed by atoms with Crippen molar-refractivity contribution < 1.29 is 0 Å². The van der Waals surface area contributed by atoms with E-state index in [0.717, 1.165) is 30.6 Å². The van der Waals surface area contributed by atoms with Crippen LogP contribution >= 0.6 is 11.6 Å². The SMILES string of the molecule is CC(C)CNCc1cccc(Cl)c1N1CC(C)CC1C. The molecule has 1 aliphatic heterocycles. The average Bonchev–Trinajstić information content (AvgIpc) is 2.68. The lowest BCUT2D eigenvalue weighted by Gasteiger charge is -2.28. The van der Waals surface area contributed by atoms with Crippen LogP contribution in [0.4, 0.5) is 5.69 Å². The van der Waals surface area contributed by atoms with Crippen molar-refractivity contribution in [2.24, 2.45) is 11.8 Å². The quantitative estimate of drug-likeness (QED) is 0.870. The van der Waals surface area contributed by atoms with Crippen molar-refractivity contribution in [2.45, 2.75) is 46.7 Å². The Morgan fingerprint density at radius 3 is 2.70 bits per heavy atom. The Morgan fingerprint density at radius 2 is 2.10 bits per heavy atom. The highest BCUT2D eigenvalue weighted by Crippen LogP contribution is 2.36. The highest BCUT2D eigenvalue weighted by atomic mass is 35.5. The van der Waals surface area contributed by atoms with E-state index >= 15 is 0 Å². The number of hydrogen-bond acceptors (Lipinski definition) is 2. The van der Waals surface area contributed by atoms with E-state index in [1.165, 1.54) is 17.7 Å². The minimum Gasteiger partial charge on any atom is -0.367 e. The molecule has 0 aliphatic carbocycles. The van der Waals surface area contributed by atoms with Crippen LogP contribution in [0, 0.1) is 11.8 Å². The fourth-order valence-electron chi connectivity index (χ4n) is 3.13. The minimum atomic E-state index is 0.578. The van der Waals surface area contributed by atoms with Gasteiger partial charge >= 0.3 is 0 Å². The zero-order chi connectivity index (χ0) is 14.7. The summed E-state index contributed by atoms with van der Waals surface area (Å²) in [6, 6.07) is 6.85. The lowest BCUT2D eigenvalue weighted by Crippen LogP contribution is -2.29. The molecule has 0 spiro atoms. The molecule has 2 unspecified atom stereocenters. The van der Waals surface area contributed by atoms with Crippen LogP contribution in [0.25, 0.3) is 0 Å². The Labute approximate surface area is 128 Å². The summed E-state index contributed by atoms with van der Waals surface area (Å²) < 4.78 is 0. The summed E-state index contributed by atoms with van der Waals surface area (Å²) in [6.45, 7) is 12.1. The maximum absolute atomic E-state index is 6.49. The van der Waals surface area contributed by atoms with E-state index in [9.17, 15) is 0 Å². The molecule has 0 bridgehead atoms. The first kappa shape index (κ1) is 15.7. The lowest BCUT2D eigenvalue weighted by atomic mass is 10.1. The molecular weight excluding hydrogens is 268 g/mol. The van der Waals surface area contributed by atoms with Gasteiger partial charge < -0.3 is 10.2 Å². The Bertz CT molecular complexity index is 445. The molecule has 112 valence electrons. The smallest absolute Gasteiger partial charge is 0.0643 e. The number of benzene rings is 1. The van der Waals surface area contributed by atoms with Gasteiger partial charge in [-0.2, -0.15) is 0 Å². The van der Waals surface area contributed by atoms with E-state index in [1.54, 1.807) is 0 Å². The van der Waals surface area contributed by atoms with E-state index in [-0.39, 0.29) is 0 Å². The number of nitrogens with zero attached hydrogens (tertiary/aromatic N) is 1. The third-order valence-corrected chi connectivity index (χ3v) is 4.31. The maximum Gasteiger partial charge on any atom is 0.0643 e. The highest BCUT2D eigenvalue weighted by Gasteiger charge is 2.28. The van der Waals surface area contributed by atoms with Crippen molar-refractivity contribution in [1.82, 2.24) is 5.32 Å². The second-order valence-corrected chi connectivity index (χ2v) is 7.02. The van der Waals surface area contributed by atoms with Crippen LogP contribution in [-0.2, 0) is 6.54 Å². The summed E-state index contributed by atoms with van der Waals surface area (Å²) in [5.74, 6) is 1.42. The van der Waals surface area contributed by atoms with Gasteiger partial charge in [0.2, 0.25) is 0 Å². The fraction of sp³-hybridized carbons (Fsp3) is 0.647. The Kier molecular flexibility index (Phi) is 5.34. The van der Waals surface area contributed by atoms with Crippen LogP contribution in [0.5, 0.6) is 0 Å². The summed E-state index contributed by atoms with van der Waals surface area (Å²) in [7, 11) is 0. The van der Waals surface area contributed by atoms with Gasteiger partial charge in [-0.1, -0.05) is 44.5 Å². The van der Waals surface area contributed by atoms with Crippen molar-refractivity contribution >= 4 is 17.3 Å². The molecule has 0 saturated carbocycles. The highest BCUT2D eigenvalue weighted by molar-refractivity contribution is 6.33. The summed E-state index contributed by atoms with van der Waals surface area (Å²) in [4.78, 5) is 2.49. The zero-order valence-electron chi connectivity index (χ0n) is 13.1. The predicted molar refractivity (Wildman–Crippen MR) is 88.6 cm³/mol. The van der Waals surface area contributed by atoms with Gasteiger partial charge in [-0.3, -0.25) is 0 Å². The maximum atomic E-state index is 6.49. The summed E-state index contributed by atoms with van der Waals surface area (Å²) in [5, 5.41) is 4.42. The second-order valence-electron chi connectivity index (χ2n) is 6.61. The van der Waals surface area contributed by atoms with Gasteiger partial charge in [0.1, 0.15) is 0 Å². The molecule has 3 heteroatoms. The average molecular weight is 295 g/mol. The first-order valence-electron chi connectivity index (χ1n) is 7.73. The number of anilines is 1. The minimum absolute atomic E-state index is 0.578. The van der Waals surface area contributed by atoms with Gasteiger partial charge in [0.05, 0.1) is 10.7 Å². The van der Waals surface area contributed by atoms with Crippen LogP contribution in [-0.4, -0.2) is 19.1 Å². The topological polar surface area (TPSA) is 15.3 Å². The molecule has 0 aromatic heterocycles. The molecule has 1 heterocycles. The molecule has 2 atom stereocenters. The van der Waals surface area contributed by atoms with Gasteiger partial charge in [0.25, 0.3) is 0 Å². The van der Waals surface area contributed by atoms with Crippen molar-refractivity contribution in [3.63, 3.8) is 0 Å². The van der Waals surface area contributed by atoms with Gasteiger partial charge in [0, 0.05) is 19.1 Å². The van der Waals surface area contributed by atoms with E-state index in [4.69, 9.17) is 11.6 Å². The van der Waals surface area contributed by atoms with Crippen LogP contribution in [0.15, 0.2) is 18.2 Å². The molecule has 2 rings (SSSR count). The monoisotopic (exact) mass is 294 g/mol. The molecule has 2 nitrogen and oxygen atoms in total. The third-order valence-electron chi connectivity index (χ3n) is 4.01. The number of para-hydroxylation sites is 1. The molecule has 0 radical (unpaired) electrons. The molecule has 20 heavy (non-hydrogen) atoms. The van der Waals surface area contributed by atoms with Crippen molar-refractivity contribution in [2.75, 3.05) is 18.0 Å². The molecule has 1 aliphatic rings. The van der Waals surface area contributed by atoms with E-state index in [0.29, 0.717) is 12.0 Å². The van der Waals surface area contributed by atoms with Crippen molar-refractivity contribution in [3.8, 4) is 0 Å². The Morgan fingerprint density at radius 1 is 1.35 bits per heavy atom. The van der Waals surface area contributed by atoms with Gasteiger partial charge in [-0.05, 0) is 43.4 Å². The van der Waals surface area contributed by atoms with Crippen molar-refractivity contribution in [3.05, 3.63) is 28.8 Å². The zero-order valence-corrected chi connectivity index (χ0v) is 13.9. The van der Waals surface area contributed by atoms with Crippen LogP contribution in [0.1, 0.15) is 39.7 Å². The summed E-state index contributed by atoms with van der Waals surface area (Å²) in [6.07, 6.45) is 1.25. The summed E-state index contributed by atoms with van der Waals surface area (Å²) >= 11 is 6.49. The molecule has 1 saturated heterocycles. The largest absolute Gasteiger partial charge is 0.367 e. The van der Waals surface area contributed by atoms with E-state index < -0.39 is 0 Å². The first-order valence-corrected chi connectivity index (χ1v) is 8.11. The van der Waals surface area contributed by atoms with Gasteiger partial charge in [-0.15, -0.1) is 0 Å². The standard InChI is InChI=1S/C17H27ClN2/c1-12(2)9-19-10-15-6-5-7-16(18)17(15)20-11-13(3)8-14(20)4/h5-7,12-14,19H,8-11H2,1-4H3. The molecular formula is C17H27ClN2. The van der Waals surface area contributed by atoms with E-state index in [1.807, 2.05) is 6.07 Å². The van der Waals surface area contributed by atoms with Gasteiger partial charge in [0.15, 0.2) is 0 Å². The van der Waals surface area contributed by atoms with Crippen LogP contribution in [0.3, 0.4) is 0 Å². The predicted octanol–water partition coefficient (Wildman–Crippen LogP) is 4.32. The Balaban J connectivity index is 2.18.